The van der Waals surface area contributed by atoms with Crippen LogP contribution in [0.4, 0.5) is 0 Å². The van der Waals surface area contributed by atoms with Gasteiger partial charge in [0.25, 0.3) is 0 Å². The lowest BCUT2D eigenvalue weighted by Crippen LogP contribution is -2.60. The van der Waals surface area contributed by atoms with E-state index in [4.69, 9.17) is 5.14 Å². The molecule has 0 aliphatic carbocycles. The maximum absolute atomic E-state index is 13.0. The molecular weight excluding hydrogens is 354 g/mol. The topological polar surface area (TPSA) is 127 Å². The van der Waals surface area contributed by atoms with Crippen LogP contribution in [0, 0.1) is 0 Å². The third kappa shape index (κ3) is 2.73. The Morgan fingerprint density at radius 2 is 1.58 bits per heavy atom. The van der Waals surface area contributed by atoms with Crippen LogP contribution < -0.4 is 10.5 Å². The summed E-state index contributed by atoms with van der Waals surface area (Å²) in [5, 5.41) is 7.78. The molecule has 1 spiro atoms. The lowest BCUT2D eigenvalue weighted by Gasteiger charge is -2.39. The highest BCUT2D eigenvalue weighted by Crippen LogP contribution is 2.39. The van der Waals surface area contributed by atoms with Crippen molar-refractivity contribution in [1.82, 2.24) is 9.62 Å². The van der Waals surface area contributed by atoms with Gasteiger partial charge in [0.15, 0.2) is 0 Å². The first-order valence-corrected chi connectivity index (χ1v) is 10.6. The summed E-state index contributed by atoms with van der Waals surface area (Å²) in [7, 11) is -7.80. The van der Waals surface area contributed by atoms with Crippen LogP contribution in [0.2, 0.25) is 0 Å². The van der Waals surface area contributed by atoms with Crippen LogP contribution in [-0.4, -0.2) is 45.7 Å². The van der Waals surface area contributed by atoms with Crippen molar-refractivity contribution in [2.24, 2.45) is 5.14 Å². The van der Waals surface area contributed by atoms with Crippen molar-refractivity contribution >= 4 is 26.0 Å². The number of nitrogens with two attached hydrogens (primary N) is 1. The Morgan fingerprint density at radius 1 is 1.00 bits per heavy atom. The maximum atomic E-state index is 13.0. The van der Waals surface area contributed by atoms with Crippen molar-refractivity contribution in [3.63, 3.8) is 0 Å². The lowest BCUT2D eigenvalue weighted by atomic mass is 9.88. The van der Waals surface area contributed by atoms with Crippen molar-refractivity contribution in [3.8, 4) is 0 Å². The minimum atomic E-state index is -3.91. The molecule has 8 nitrogen and oxygen atoms in total. The van der Waals surface area contributed by atoms with Crippen LogP contribution >= 0.6 is 0 Å². The Morgan fingerprint density at radius 3 is 2.17 bits per heavy atom. The normalized spacial score (nSPS) is 25.8. The Labute approximate surface area is 141 Å². The highest BCUT2D eigenvalue weighted by Gasteiger charge is 2.53. The van der Waals surface area contributed by atoms with Crippen LogP contribution in [0.25, 0.3) is 0 Å². The number of primary sulfonamides is 1. The average Bonchev–Trinajstić information content (AvgIpc) is 2.95. The van der Waals surface area contributed by atoms with E-state index in [0.717, 1.165) is 18.6 Å². The second-order valence-corrected chi connectivity index (χ2v) is 9.51. The minimum absolute atomic E-state index is 0.0467. The van der Waals surface area contributed by atoms with E-state index in [1.165, 1.54) is 16.4 Å². The minimum Gasteiger partial charge on any atom is -0.354 e. The first-order chi connectivity index (χ1) is 11.2. The zero-order valence-electron chi connectivity index (χ0n) is 12.9. The largest absolute Gasteiger partial charge is 0.354 e. The number of sulfonamides is 2. The molecule has 0 saturated carbocycles. The van der Waals surface area contributed by atoms with Crippen LogP contribution in [0.1, 0.15) is 25.7 Å². The average molecular weight is 373 g/mol. The van der Waals surface area contributed by atoms with Gasteiger partial charge < -0.3 is 5.32 Å². The number of carbonyl (C=O) groups excluding carboxylic acids is 1. The van der Waals surface area contributed by atoms with Gasteiger partial charge >= 0.3 is 0 Å². The molecule has 0 radical (unpaired) electrons. The van der Waals surface area contributed by atoms with Gasteiger partial charge in [-0.3, -0.25) is 4.79 Å². The number of rotatable bonds is 3. The van der Waals surface area contributed by atoms with Gasteiger partial charge in [0, 0.05) is 13.1 Å². The molecule has 2 fully saturated rings. The lowest BCUT2D eigenvalue weighted by molar-refractivity contribution is -0.131. The van der Waals surface area contributed by atoms with Gasteiger partial charge in [0.05, 0.1) is 9.79 Å². The number of nitrogens with one attached hydrogen (secondary N) is 1. The Balaban J connectivity index is 1.99. The smallest absolute Gasteiger partial charge is 0.244 e. The molecule has 1 aromatic carbocycles. The first-order valence-electron chi connectivity index (χ1n) is 7.62. The molecule has 10 heteroatoms. The van der Waals surface area contributed by atoms with Gasteiger partial charge in [0.1, 0.15) is 5.54 Å². The quantitative estimate of drug-likeness (QED) is 0.756. The fraction of sp³-hybridized carbons (Fsp3) is 0.500. The summed E-state index contributed by atoms with van der Waals surface area (Å²) in [6.45, 7) is 0.824. The Hall–Kier alpha value is -1.49. The number of benzene rings is 1. The van der Waals surface area contributed by atoms with Crippen molar-refractivity contribution in [1.29, 1.82) is 0 Å². The Kier molecular flexibility index (Phi) is 4.19. The summed E-state index contributed by atoms with van der Waals surface area (Å²) in [5.74, 6) is -0.254. The predicted octanol–water partition coefficient (Wildman–Crippen LogP) is -0.233. The molecule has 24 heavy (non-hydrogen) atoms. The number of amides is 1. The van der Waals surface area contributed by atoms with Gasteiger partial charge in [-0.1, -0.05) is 0 Å². The van der Waals surface area contributed by atoms with Crippen LogP contribution in [-0.2, 0) is 24.8 Å². The van der Waals surface area contributed by atoms with Crippen molar-refractivity contribution in [2.75, 3.05) is 13.1 Å². The summed E-state index contributed by atoms with van der Waals surface area (Å²) in [4.78, 5) is 12.2. The molecule has 2 heterocycles. The van der Waals surface area contributed by atoms with E-state index in [9.17, 15) is 21.6 Å². The summed E-state index contributed by atoms with van der Waals surface area (Å²) >= 11 is 0. The van der Waals surface area contributed by atoms with E-state index < -0.39 is 25.6 Å². The van der Waals surface area contributed by atoms with Crippen molar-refractivity contribution in [2.45, 2.75) is 41.0 Å². The van der Waals surface area contributed by atoms with E-state index >= 15 is 0 Å². The van der Waals surface area contributed by atoms with Gasteiger partial charge in [-0.25, -0.2) is 22.0 Å². The number of hydrogen-bond acceptors (Lipinski definition) is 5. The molecule has 2 saturated heterocycles. The number of piperidine rings is 1. The second kappa shape index (κ2) is 5.80. The number of nitrogens with zero attached hydrogens (tertiary/aromatic N) is 1. The molecule has 132 valence electrons. The van der Waals surface area contributed by atoms with E-state index in [-0.39, 0.29) is 22.2 Å². The predicted molar refractivity (Wildman–Crippen MR) is 85.9 cm³/mol. The highest BCUT2D eigenvalue weighted by atomic mass is 32.2. The van der Waals surface area contributed by atoms with Crippen LogP contribution in [0.5, 0.6) is 0 Å². The Bertz CT molecular complexity index is 864. The fourth-order valence-corrected chi connectivity index (χ4v) is 5.81. The molecule has 1 amide bonds. The summed E-state index contributed by atoms with van der Waals surface area (Å²) < 4.78 is 49.8. The molecule has 2 aliphatic heterocycles. The summed E-state index contributed by atoms with van der Waals surface area (Å²) in [5.41, 5.74) is -1.03. The molecule has 2 aliphatic rings. The fourth-order valence-electron chi connectivity index (χ4n) is 3.47. The van der Waals surface area contributed by atoms with Gasteiger partial charge in [-0.05, 0) is 49.9 Å². The van der Waals surface area contributed by atoms with Gasteiger partial charge in [-0.2, -0.15) is 4.31 Å². The van der Waals surface area contributed by atoms with Crippen LogP contribution in [0.3, 0.4) is 0 Å². The van der Waals surface area contributed by atoms with Gasteiger partial charge in [-0.15, -0.1) is 0 Å². The second-order valence-electron chi connectivity index (χ2n) is 6.09. The highest BCUT2D eigenvalue weighted by molar-refractivity contribution is 7.89. The van der Waals surface area contributed by atoms with E-state index in [2.05, 4.69) is 5.32 Å². The zero-order chi connectivity index (χ0) is 17.6. The first kappa shape index (κ1) is 17.3. The van der Waals surface area contributed by atoms with Crippen molar-refractivity contribution < 1.29 is 21.6 Å². The van der Waals surface area contributed by atoms with E-state index in [0.29, 0.717) is 25.8 Å². The van der Waals surface area contributed by atoms with E-state index in [1.807, 2.05) is 0 Å². The third-order valence-corrected chi connectivity index (χ3v) is 7.55. The summed E-state index contributed by atoms with van der Waals surface area (Å²) in [6, 6.07) is 4.74. The third-order valence-electron chi connectivity index (χ3n) is 4.64. The molecule has 1 unspecified atom stereocenters. The van der Waals surface area contributed by atoms with Crippen molar-refractivity contribution in [3.05, 3.63) is 24.3 Å². The van der Waals surface area contributed by atoms with Crippen LogP contribution in [0.15, 0.2) is 34.1 Å². The molecule has 1 aromatic rings. The standard InChI is InChI=1S/C14H19N3O5S2/c15-23(19,20)11-3-5-12(6-4-11)24(21,22)17-10-2-8-14(17)7-1-9-16-13(14)18/h3-6H,1-2,7-10H2,(H,16,18)(H2,15,19,20). The summed E-state index contributed by atoms with van der Waals surface area (Å²) in [6.07, 6.45) is 2.32. The zero-order valence-corrected chi connectivity index (χ0v) is 14.6. The molecule has 0 aromatic heterocycles. The maximum Gasteiger partial charge on any atom is 0.244 e. The molecule has 1 atom stereocenters. The molecular formula is C14H19N3O5S2. The monoisotopic (exact) mass is 373 g/mol. The van der Waals surface area contributed by atoms with E-state index in [1.54, 1.807) is 0 Å². The number of hydrogen-bond donors (Lipinski definition) is 2. The molecule has 3 rings (SSSR count). The molecule has 0 bridgehead atoms. The number of carbonyl (C=O) groups is 1. The molecule has 3 N–H and O–H groups in total. The SMILES string of the molecule is NS(=O)(=O)c1ccc(S(=O)(=O)N2CCCC23CCCNC3=O)cc1. The van der Waals surface area contributed by atoms with Gasteiger partial charge in [0.2, 0.25) is 26.0 Å².